The van der Waals surface area contributed by atoms with E-state index in [1.807, 2.05) is 37.3 Å². The van der Waals surface area contributed by atoms with Crippen molar-refractivity contribution in [3.8, 4) is 5.75 Å². The molecule has 0 radical (unpaired) electrons. The predicted octanol–water partition coefficient (Wildman–Crippen LogP) is 6.32. The summed E-state index contributed by atoms with van der Waals surface area (Å²) >= 11 is 18.9. The average Bonchev–Trinajstić information content (AvgIpc) is 3.12. The van der Waals surface area contributed by atoms with Crippen molar-refractivity contribution in [3.05, 3.63) is 98.1 Å². The van der Waals surface area contributed by atoms with E-state index < -0.39 is 24.4 Å². The summed E-state index contributed by atoms with van der Waals surface area (Å²) in [6, 6.07) is 17.0. The molecule has 1 heterocycles. The summed E-state index contributed by atoms with van der Waals surface area (Å²) in [5.41, 5.74) is 2.81. The van der Waals surface area contributed by atoms with Crippen LogP contribution in [0.15, 0.2) is 66.4 Å². The van der Waals surface area contributed by atoms with E-state index >= 15 is 0 Å². The third kappa shape index (κ3) is 6.25. The molecule has 0 atom stereocenters. The number of para-hydroxylation sites is 1. The summed E-state index contributed by atoms with van der Waals surface area (Å²) in [6.07, 6.45) is 2.15. The van der Waals surface area contributed by atoms with Gasteiger partial charge in [-0.15, -0.1) is 0 Å². The highest BCUT2D eigenvalue weighted by molar-refractivity contribution is 6.37. The molecule has 0 saturated carbocycles. The molecular weight excluding hydrogens is 537 g/mol. The second-order valence-electron chi connectivity index (χ2n) is 8.13. The van der Waals surface area contributed by atoms with Crippen LogP contribution in [0.2, 0.25) is 15.1 Å². The number of amides is 4. The van der Waals surface area contributed by atoms with Crippen molar-refractivity contribution in [2.75, 3.05) is 11.9 Å². The van der Waals surface area contributed by atoms with Crippen molar-refractivity contribution in [1.29, 1.82) is 0 Å². The van der Waals surface area contributed by atoms with Crippen LogP contribution in [0.3, 0.4) is 0 Å². The topological polar surface area (TPSA) is 87.7 Å². The number of benzene rings is 3. The number of ether oxygens (including phenoxy) is 1. The van der Waals surface area contributed by atoms with Crippen LogP contribution in [-0.2, 0) is 22.6 Å². The molecule has 7 nitrogen and oxygen atoms in total. The largest absolute Gasteiger partial charge is 0.486 e. The molecule has 3 aromatic rings. The molecule has 1 aliphatic rings. The number of hydrogen-bond donors (Lipinski definition) is 2. The molecule has 190 valence electrons. The smallest absolute Gasteiger partial charge is 0.329 e. The summed E-state index contributed by atoms with van der Waals surface area (Å²) in [5.74, 6) is -0.871. The van der Waals surface area contributed by atoms with Crippen LogP contribution in [0.5, 0.6) is 5.75 Å². The first-order valence-electron chi connectivity index (χ1n) is 11.3. The van der Waals surface area contributed by atoms with Gasteiger partial charge in [0.15, 0.2) is 5.75 Å². The lowest BCUT2D eigenvalue weighted by atomic mass is 10.1. The molecule has 10 heteroatoms. The summed E-state index contributed by atoms with van der Waals surface area (Å²) in [5, 5.41) is 6.23. The van der Waals surface area contributed by atoms with Gasteiger partial charge in [-0.25, -0.2) is 9.69 Å². The Balaban J connectivity index is 1.45. The quantitative estimate of drug-likeness (QED) is 0.250. The molecule has 0 unspecified atom stereocenters. The fourth-order valence-electron chi connectivity index (χ4n) is 3.73. The van der Waals surface area contributed by atoms with Gasteiger partial charge in [-0.3, -0.25) is 9.59 Å². The first-order valence-corrected chi connectivity index (χ1v) is 12.5. The van der Waals surface area contributed by atoms with Gasteiger partial charge in [-0.2, -0.15) is 0 Å². The lowest BCUT2D eigenvalue weighted by Crippen LogP contribution is -2.38. The molecule has 4 amide bonds. The fourth-order valence-corrected chi connectivity index (χ4v) is 4.54. The highest BCUT2D eigenvalue weighted by Crippen LogP contribution is 2.36. The summed E-state index contributed by atoms with van der Waals surface area (Å²) < 4.78 is 5.77. The van der Waals surface area contributed by atoms with Gasteiger partial charge in [-0.05, 0) is 47.9 Å². The first-order chi connectivity index (χ1) is 17.8. The standard InChI is InChI=1S/C27H22Cl3N3O4/c1-2-17-7-4-6-10-22(17)31-24(34)14-33-26(35)23(32-27(33)36)13-16-11-20(29)25(21(30)12-16)37-15-18-8-3-5-9-19(18)28/h3-13H,2,14-15H2,1H3,(H,31,34)(H,32,36)/b23-13+. The molecule has 1 fully saturated rings. The highest BCUT2D eigenvalue weighted by Gasteiger charge is 2.35. The number of hydrogen-bond acceptors (Lipinski definition) is 4. The van der Waals surface area contributed by atoms with Gasteiger partial charge >= 0.3 is 6.03 Å². The normalized spacial score (nSPS) is 14.2. The van der Waals surface area contributed by atoms with Crippen molar-refractivity contribution < 1.29 is 19.1 Å². The van der Waals surface area contributed by atoms with E-state index in [0.717, 1.165) is 22.4 Å². The molecule has 0 bridgehead atoms. The zero-order valence-corrected chi connectivity index (χ0v) is 22.0. The van der Waals surface area contributed by atoms with Crippen LogP contribution >= 0.6 is 34.8 Å². The van der Waals surface area contributed by atoms with Crippen LogP contribution in [0.25, 0.3) is 6.08 Å². The maximum atomic E-state index is 12.9. The zero-order valence-electron chi connectivity index (χ0n) is 19.7. The van der Waals surface area contributed by atoms with Gasteiger partial charge in [0.05, 0.1) is 10.0 Å². The first kappa shape index (κ1) is 26.5. The van der Waals surface area contributed by atoms with Crippen LogP contribution < -0.4 is 15.4 Å². The van der Waals surface area contributed by atoms with Crippen LogP contribution in [0, 0.1) is 0 Å². The van der Waals surface area contributed by atoms with Gasteiger partial charge < -0.3 is 15.4 Å². The number of urea groups is 1. The molecular formula is C27H22Cl3N3O4. The molecule has 37 heavy (non-hydrogen) atoms. The summed E-state index contributed by atoms with van der Waals surface area (Å²) in [7, 11) is 0. The SMILES string of the molecule is CCc1ccccc1NC(=O)CN1C(=O)N/C(=C/c2cc(Cl)c(OCc3ccccc3Cl)c(Cl)c2)C1=O. The zero-order chi connectivity index (χ0) is 26.5. The average molecular weight is 559 g/mol. The summed E-state index contributed by atoms with van der Waals surface area (Å²) in [6.45, 7) is 1.69. The molecule has 0 aliphatic carbocycles. The predicted molar refractivity (Wildman–Crippen MR) is 145 cm³/mol. The number of rotatable bonds is 8. The van der Waals surface area contributed by atoms with Gasteiger partial charge in [0.1, 0.15) is 18.8 Å². The Morgan fingerprint density at radius 3 is 2.30 bits per heavy atom. The van der Waals surface area contributed by atoms with E-state index in [2.05, 4.69) is 10.6 Å². The second-order valence-corrected chi connectivity index (χ2v) is 9.35. The molecule has 1 saturated heterocycles. The highest BCUT2D eigenvalue weighted by atomic mass is 35.5. The Morgan fingerprint density at radius 2 is 1.62 bits per heavy atom. The maximum Gasteiger partial charge on any atom is 0.329 e. The lowest BCUT2D eigenvalue weighted by Gasteiger charge is -2.13. The molecule has 4 rings (SSSR count). The molecule has 3 aromatic carbocycles. The van der Waals surface area contributed by atoms with Crippen molar-refractivity contribution in [2.45, 2.75) is 20.0 Å². The van der Waals surface area contributed by atoms with Crippen molar-refractivity contribution >= 4 is 64.4 Å². The number of carbonyl (C=O) groups is 3. The van der Waals surface area contributed by atoms with E-state index in [-0.39, 0.29) is 28.1 Å². The van der Waals surface area contributed by atoms with Crippen molar-refractivity contribution in [2.24, 2.45) is 0 Å². The number of aryl methyl sites for hydroxylation is 1. The van der Waals surface area contributed by atoms with E-state index in [0.29, 0.717) is 16.3 Å². The fraction of sp³-hybridized carbons (Fsp3) is 0.148. The Labute approximate surface area is 229 Å². The van der Waals surface area contributed by atoms with Crippen LogP contribution in [0.4, 0.5) is 10.5 Å². The minimum Gasteiger partial charge on any atom is -0.486 e. The van der Waals surface area contributed by atoms with Gasteiger partial charge in [0.25, 0.3) is 5.91 Å². The Morgan fingerprint density at radius 1 is 0.973 bits per heavy atom. The van der Waals surface area contributed by atoms with E-state index in [4.69, 9.17) is 39.5 Å². The van der Waals surface area contributed by atoms with Gasteiger partial charge in [0, 0.05) is 16.3 Å². The second kappa shape index (κ2) is 11.7. The summed E-state index contributed by atoms with van der Waals surface area (Å²) in [4.78, 5) is 38.6. The monoisotopic (exact) mass is 557 g/mol. The van der Waals surface area contributed by atoms with Gasteiger partial charge in [-0.1, -0.05) is 78.1 Å². The van der Waals surface area contributed by atoms with Crippen molar-refractivity contribution in [3.63, 3.8) is 0 Å². The van der Waals surface area contributed by atoms with E-state index in [9.17, 15) is 14.4 Å². The Bertz CT molecular complexity index is 1380. The molecule has 0 spiro atoms. The Kier molecular flexibility index (Phi) is 8.38. The number of nitrogens with one attached hydrogen (secondary N) is 2. The third-order valence-electron chi connectivity index (χ3n) is 5.60. The number of halogens is 3. The van der Waals surface area contributed by atoms with E-state index in [1.165, 1.54) is 6.08 Å². The number of imide groups is 1. The Hall–Kier alpha value is -3.52. The van der Waals surface area contributed by atoms with Crippen LogP contribution in [0.1, 0.15) is 23.6 Å². The number of anilines is 1. The molecule has 0 aromatic heterocycles. The minimum atomic E-state index is -0.702. The third-order valence-corrected chi connectivity index (χ3v) is 6.53. The number of nitrogens with zero attached hydrogens (tertiary/aromatic N) is 1. The van der Waals surface area contributed by atoms with Crippen LogP contribution in [-0.4, -0.2) is 29.3 Å². The van der Waals surface area contributed by atoms with Crippen molar-refractivity contribution in [1.82, 2.24) is 10.2 Å². The van der Waals surface area contributed by atoms with Gasteiger partial charge in [0.2, 0.25) is 5.91 Å². The molecule has 1 aliphatic heterocycles. The minimum absolute atomic E-state index is 0.0105. The number of carbonyl (C=O) groups excluding carboxylic acids is 3. The lowest BCUT2D eigenvalue weighted by molar-refractivity contribution is -0.127. The van der Waals surface area contributed by atoms with E-state index in [1.54, 1.807) is 30.3 Å². The molecule has 2 N–H and O–H groups in total. The maximum absolute atomic E-state index is 12.9.